The lowest BCUT2D eigenvalue weighted by Gasteiger charge is -2.10. The van der Waals surface area contributed by atoms with E-state index in [1.54, 1.807) is 29.7 Å². The van der Waals surface area contributed by atoms with Gasteiger partial charge in [0.2, 0.25) is 5.91 Å². The molecule has 18 heavy (non-hydrogen) atoms. The van der Waals surface area contributed by atoms with Crippen molar-refractivity contribution in [3.8, 4) is 10.4 Å². The van der Waals surface area contributed by atoms with Crippen molar-refractivity contribution in [2.24, 2.45) is 0 Å². The number of nitrogens with one attached hydrogen (secondary N) is 2. The summed E-state index contributed by atoms with van der Waals surface area (Å²) in [4.78, 5) is 13.9. The summed E-state index contributed by atoms with van der Waals surface area (Å²) >= 11 is 3.47. The van der Waals surface area contributed by atoms with E-state index in [0.29, 0.717) is 0 Å². The van der Waals surface area contributed by atoms with Gasteiger partial charge in [-0.15, -0.1) is 22.7 Å². The van der Waals surface area contributed by atoms with Crippen molar-refractivity contribution >= 4 is 28.6 Å². The topological polar surface area (TPSA) is 41.1 Å². The van der Waals surface area contributed by atoms with Crippen molar-refractivity contribution in [1.29, 1.82) is 0 Å². The van der Waals surface area contributed by atoms with Crippen LogP contribution in [0.3, 0.4) is 0 Å². The van der Waals surface area contributed by atoms with Gasteiger partial charge in [0, 0.05) is 28.9 Å². The van der Waals surface area contributed by atoms with E-state index in [4.69, 9.17) is 0 Å². The molecule has 2 aromatic rings. The maximum atomic E-state index is 11.4. The molecular formula is C13H16N2OS2. The molecule has 1 amide bonds. The fraction of sp³-hybridized carbons (Fsp3) is 0.308. The monoisotopic (exact) mass is 280 g/mol. The van der Waals surface area contributed by atoms with Crippen LogP contribution in [0, 0.1) is 0 Å². The van der Waals surface area contributed by atoms with E-state index in [1.165, 1.54) is 15.3 Å². The van der Waals surface area contributed by atoms with Crippen LogP contribution in [0.4, 0.5) is 0 Å². The minimum atomic E-state index is -0.165. The number of amides is 1. The van der Waals surface area contributed by atoms with Gasteiger partial charge in [-0.2, -0.15) is 0 Å². The molecule has 1 unspecified atom stereocenters. The van der Waals surface area contributed by atoms with E-state index in [9.17, 15) is 4.79 Å². The summed E-state index contributed by atoms with van der Waals surface area (Å²) in [5.41, 5.74) is 1.26. The van der Waals surface area contributed by atoms with Gasteiger partial charge in [-0.1, -0.05) is 6.07 Å². The third-order valence-corrected chi connectivity index (χ3v) is 4.54. The Morgan fingerprint density at radius 2 is 2.28 bits per heavy atom. The molecule has 0 aliphatic rings. The number of rotatable bonds is 5. The van der Waals surface area contributed by atoms with Crippen molar-refractivity contribution in [3.05, 3.63) is 33.8 Å². The van der Waals surface area contributed by atoms with Gasteiger partial charge in [0.1, 0.15) is 0 Å². The van der Waals surface area contributed by atoms with Crippen LogP contribution in [0.2, 0.25) is 0 Å². The van der Waals surface area contributed by atoms with E-state index in [-0.39, 0.29) is 11.9 Å². The van der Waals surface area contributed by atoms with Gasteiger partial charge in [0.15, 0.2) is 0 Å². The molecule has 2 rings (SSSR count). The third-order valence-electron chi connectivity index (χ3n) is 2.68. The van der Waals surface area contributed by atoms with Crippen LogP contribution in [-0.4, -0.2) is 19.0 Å². The van der Waals surface area contributed by atoms with Crippen LogP contribution >= 0.6 is 22.7 Å². The first-order valence-corrected chi connectivity index (χ1v) is 7.53. The van der Waals surface area contributed by atoms with Gasteiger partial charge in [0.05, 0.1) is 6.04 Å². The first-order valence-electron chi connectivity index (χ1n) is 5.77. The molecule has 1 atom stereocenters. The minimum Gasteiger partial charge on any atom is -0.358 e. The molecule has 0 fully saturated rings. The van der Waals surface area contributed by atoms with Gasteiger partial charge < -0.3 is 10.6 Å². The lowest BCUT2D eigenvalue weighted by atomic mass is 10.2. The van der Waals surface area contributed by atoms with Crippen molar-refractivity contribution in [2.75, 3.05) is 7.05 Å². The minimum absolute atomic E-state index is 0.0186. The molecule has 5 heteroatoms. The molecular weight excluding hydrogens is 264 g/mol. The lowest BCUT2D eigenvalue weighted by molar-refractivity contribution is -0.122. The Balaban J connectivity index is 1.93. The number of carbonyl (C=O) groups is 1. The SMILES string of the molecule is CNC(=O)C(C)NCc1cc(-c2cccs2)cs1. The number of likely N-dealkylation sites (N-methyl/N-ethyl adjacent to an activating group) is 1. The maximum absolute atomic E-state index is 11.4. The van der Waals surface area contributed by atoms with Crippen LogP contribution < -0.4 is 10.6 Å². The molecule has 0 radical (unpaired) electrons. The number of hydrogen-bond acceptors (Lipinski definition) is 4. The number of carbonyl (C=O) groups excluding carboxylic acids is 1. The zero-order valence-electron chi connectivity index (χ0n) is 10.4. The molecule has 0 spiro atoms. The summed E-state index contributed by atoms with van der Waals surface area (Å²) < 4.78 is 0. The quantitative estimate of drug-likeness (QED) is 0.884. The largest absolute Gasteiger partial charge is 0.358 e. The molecule has 0 aliphatic heterocycles. The standard InChI is InChI=1S/C13H16N2OS2/c1-9(13(16)14-2)15-7-11-6-10(8-18-11)12-4-3-5-17-12/h3-6,8-9,15H,7H2,1-2H3,(H,14,16). The van der Waals surface area contributed by atoms with E-state index in [0.717, 1.165) is 6.54 Å². The molecule has 0 saturated heterocycles. The maximum Gasteiger partial charge on any atom is 0.236 e. The first-order chi connectivity index (χ1) is 8.70. The fourth-order valence-electron chi connectivity index (χ4n) is 1.61. The summed E-state index contributed by atoms with van der Waals surface area (Å²) in [6.07, 6.45) is 0. The smallest absolute Gasteiger partial charge is 0.236 e. The van der Waals surface area contributed by atoms with Gasteiger partial charge in [-0.3, -0.25) is 4.79 Å². The van der Waals surface area contributed by atoms with E-state index >= 15 is 0 Å². The fourth-order valence-corrected chi connectivity index (χ4v) is 3.23. The van der Waals surface area contributed by atoms with Gasteiger partial charge in [-0.25, -0.2) is 0 Å². The Morgan fingerprint density at radius 3 is 2.94 bits per heavy atom. The van der Waals surface area contributed by atoms with E-state index < -0.39 is 0 Å². The molecule has 2 heterocycles. The summed E-state index contributed by atoms with van der Waals surface area (Å²) in [6, 6.07) is 6.20. The molecule has 2 aromatic heterocycles. The summed E-state index contributed by atoms with van der Waals surface area (Å²) in [5.74, 6) is 0.0186. The highest BCUT2D eigenvalue weighted by atomic mass is 32.1. The second kappa shape index (κ2) is 6.13. The van der Waals surface area contributed by atoms with E-state index in [2.05, 4.69) is 39.6 Å². The Morgan fingerprint density at radius 1 is 1.44 bits per heavy atom. The first kappa shape index (κ1) is 13.3. The predicted molar refractivity (Wildman–Crippen MR) is 78.0 cm³/mol. The van der Waals surface area contributed by atoms with Crippen molar-refractivity contribution in [2.45, 2.75) is 19.5 Å². The highest BCUT2D eigenvalue weighted by Gasteiger charge is 2.10. The van der Waals surface area contributed by atoms with Crippen LogP contribution in [0.5, 0.6) is 0 Å². The summed E-state index contributed by atoms with van der Waals surface area (Å²) in [6.45, 7) is 2.59. The van der Waals surface area contributed by atoms with Gasteiger partial charge in [-0.05, 0) is 29.8 Å². The summed E-state index contributed by atoms with van der Waals surface area (Å²) in [7, 11) is 1.65. The van der Waals surface area contributed by atoms with E-state index in [1.807, 2.05) is 6.92 Å². The second-order valence-corrected chi connectivity index (χ2v) is 5.94. The normalized spacial score (nSPS) is 12.3. The number of thiophene rings is 2. The Bertz CT molecular complexity index is 505. The Labute approximate surface area is 115 Å². The zero-order chi connectivity index (χ0) is 13.0. The van der Waals surface area contributed by atoms with Crippen molar-refractivity contribution in [1.82, 2.24) is 10.6 Å². The average Bonchev–Trinajstić information content (AvgIpc) is 3.04. The van der Waals surface area contributed by atoms with Crippen LogP contribution in [0.25, 0.3) is 10.4 Å². The highest BCUT2D eigenvalue weighted by molar-refractivity contribution is 7.14. The summed E-state index contributed by atoms with van der Waals surface area (Å²) in [5, 5.41) is 10.1. The molecule has 96 valence electrons. The zero-order valence-corrected chi connectivity index (χ0v) is 12.0. The van der Waals surface area contributed by atoms with Gasteiger partial charge >= 0.3 is 0 Å². The molecule has 3 nitrogen and oxygen atoms in total. The van der Waals surface area contributed by atoms with Gasteiger partial charge in [0.25, 0.3) is 0 Å². The molecule has 0 bridgehead atoms. The van der Waals surface area contributed by atoms with Crippen molar-refractivity contribution < 1.29 is 4.79 Å². The van der Waals surface area contributed by atoms with Crippen molar-refractivity contribution in [3.63, 3.8) is 0 Å². The third kappa shape index (κ3) is 3.19. The molecule has 0 aromatic carbocycles. The number of hydrogen-bond donors (Lipinski definition) is 2. The van der Waals surface area contributed by atoms with Crippen LogP contribution in [0.1, 0.15) is 11.8 Å². The average molecular weight is 280 g/mol. The Hall–Kier alpha value is -1.17. The van der Waals surface area contributed by atoms with Crippen LogP contribution in [-0.2, 0) is 11.3 Å². The molecule has 2 N–H and O–H groups in total. The molecule has 0 saturated carbocycles. The molecule has 0 aliphatic carbocycles. The second-order valence-electron chi connectivity index (χ2n) is 4.00. The lowest BCUT2D eigenvalue weighted by Crippen LogP contribution is -2.40. The highest BCUT2D eigenvalue weighted by Crippen LogP contribution is 2.29. The predicted octanol–water partition coefficient (Wildman–Crippen LogP) is 2.70. The van der Waals surface area contributed by atoms with Crippen LogP contribution in [0.15, 0.2) is 29.0 Å². The Kier molecular flexibility index (Phi) is 4.52.